The first-order valence-corrected chi connectivity index (χ1v) is 11.0. The fourth-order valence-corrected chi connectivity index (χ4v) is 5.40. The van der Waals surface area contributed by atoms with Crippen LogP contribution in [0.4, 0.5) is 5.00 Å². The first-order chi connectivity index (χ1) is 13.6. The second kappa shape index (κ2) is 8.09. The number of carbonyl (C=O) groups is 2. The normalized spacial score (nSPS) is 19.3. The molecule has 0 bridgehead atoms. The smallest absolute Gasteiger partial charge is 0.257 e. The molecule has 2 N–H and O–H groups in total. The Morgan fingerprint density at radius 1 is 1.04 bits per heavy atom. The third-order valence-electron chi connectivity index (χ3n) is 6.07. The minimum absolute atomic E-state index is 0.0537. The van der Waals surface area contributed by atoms with Crippen molar-refractivity contribution in [3.05, 3.63) is 29.8 Å². The van der Waals surface area contributed by atoms with Gasteiger partial charge in [-0.1, -0.05) is 25.1 Å². The number of hydrogen-bond acceptors (Lipinski definition) is 5. The lowest BCUT2D eigenvalue weighted by molar-refractivity contribution is -0.132. The number of nitrogens with two attached hydrogens (primary N) is 1. The van der Waals surface area contributed by atoms with Crippen LogP contribution in [0.3, 0.4) is 0 Å². The van der Waals surface area contributed by atoms with Gasteiger partial charge in [0, 0.05) is 61.8 Å². The van der Waals surface area contributed by atoms with E-state index in [0.717, 1.165) is 62.2 Å². The standard InChI is InChI=1S/C21H28N4O2S/c1-2-18(26)24-9-7-15(8-10-24)23-11-13-25(14-12-23)21(27)19-16-5-3-4-6-17(16)28-20(19)22/h3-6,15H,2,7-14,22H2,1H3. The van der Waals surface area contributed by atoms with Gasteiger partial charge in [0.2, 0.25) is 5.91 Å². The number of anilines is 1. The van der Waals surface area contributed by atoms with Crippen LogP contribution in [0.2, 0.25) is 0 Å². The summed E-state index contributed by atoms with van der Waals surface area (Å²) in [5.74, 6) is 0.312. The number of amides is 2. The Balaban J connectivity index is 1.36. The number of piperazine rings is 1. The molecule has 1 aromatic carbocycles. The van der Waals surface area contributed by atoms with Crippen LogP contribution < -0.4 is 5.73 Å². The quantitative estimate of drug-likeness (QED) is 0.860. The molecule has 2 amide bonds. The number of nitrogen functional groups attached to an aromatic ring is 1. The van der Waals surface area contributed by atoms with Crippen LogP contribution >= 0.6 is 11.3 Å². The molecule has 28 heavy (non-hydrogen) atoms. The van der Waals surface area contributed by atoms with Crippen LogP contribution in [0.25, 0.3) is 10.1 Å². The maximum absolute atomic E-state index is 13.1. The van der Waals surface area contributed by atoms with E-state index >= 15 is 0 Å². The maximum Gasteiger partial charge on any atom is 0.257 e. The lowest BCUT2D eigenvalue weighted by Crippen LogP contribution is -2.54. The number of benzene rings is 1. The highest BCUT2D eigenvalue weighted by Gasteiger charge is 2.31. The molecule has 2 fully saturated rings. The van der Waals surface area contributed by atoms with Gasteiger partial charge in [-0.2, -0.15) is 0 Å². The highest BCUT2D eigenvalue weighted by Crippen LogP contribution is 2.34. The van der Waals surface area contributed by atoms with Crippen molar-refractivity contribution in [3.8, 4) is 0 Å². The molecular formula is C21H28N4O2S. The summed E-state index contributed by atoms with van der Waals surface area (Å²) in [7, 11) is 0. The van der Waals surface area contributed by atoms with Crippen molar-refractivity contribution in [2.24, 2.45) is 0 Å². The average Bonchev–Trinajstić information content (AvgIpc) is 3.08. The van der Waals surface area contributed by atoms with Crippen molar-refractivity contribution >= 4 is 38.2 Å². The van der Waals surface area contributed by atoms with Gasteiger partial charge >= 0.3 is 0 Å². The number of piperidine rings is 1. The van der Waals surface area contributed by atoms with Gasteiger partial charge < -0.3 is 15.5 Å². The molecule has 0 spiro atoms. The van der Waals surface area contributed by atoms with Crippen molar-refractivity contribution in [3.63, 3.8) is 0 Å². The summed E-state index contributed by atoms with van der Waals surface area (Å²) in [6, 6.07) is 8.45. The average molecular weight is 401 g/mol. The van der Waals surface area contributed by atoms with Crippen LogP contribution in [0.15, 0.2) is 24.3 Å². The van der Waals surface area contributed by atoms with E-state index in [9.17, 15) is 9.59 Å². The van der Waals surface area contributed by atoms with Gasteiger partial charge in [0.25, 0.3) is 5.91 Å². The number of fused-ring (bicyclic) bond motifs is 1. The predicted molar refractivity (Wildman–Crippen MR) is 114 cm³/mol. The highest BCUT2D eigenvalue weighted by atomic mass is 32.1. The zero-order valence-corrected chi connectivity index (χ0v) is 17.2. The van der Waals surface area contributed by atoms with Gasteiger partial charge in [-0.05, 0) is 18.9 Å². The lowest BCUT2D eigenvalue weighted by Gasteiger charge is -2.42. The summed E-state index contributed by atoms with van der Waals surface area (Å²) in [5, 5.41) is 1.58. The summed E-state index contributed by atoms with van der Waals surface area (Å²) in [6.45, 7) is 6.88. The van der Waals surface area contributed by atoms with Gasteiger partial charge in [0.05, 0.1) is 10.6 Å². The van der Waals surface area contributed by atoms with E-state index in [-0.39, 0.29) is 11.8 Å². The molecular weight excluding hydrogens is 372 g/mol. The van der Waals surface area contributed by atoms with Crippen molar-refractivity contribution in [1.29, 1.82) is 0 Å². The van der Waals surface area contributed by atoms with Crippen molar-refractivity contribution < 1.29 is 9.59 Å². The Bertz CT molecular complexity index is 864. The molecule has 6 nitrogen and oxygen atoms in total. The van der Waals surface area contributed by atoms with E-state index in [1.807, 2.05) is 41.0 Å². The Labute approximate surface area is 169 Å². The largest absolute Gasteiger partial charge is 0.390 e. The Hall–Kier alpha value is -2.12. The molecule has 0 unspecified atom stereocenters. The Kier molecular flexibility index (Phi) is 5.55. The summed E-state index contributed by atoms with van der Waals surface area (Å²) in [6.07, 6.45) is 2.65. The summed E-state index contributed by atoms with van der Waals surface area (Å²) in [5.41, 5.74) is 6.85. The number of likely N-dealkylation sites (tertiary alicyclic amines) is 1. The summed E-state index contributed by atoms with van der Waals surface area (Å²) >= 11 is 1.49. The number of hydrogen-bond donors (Lipinski definition) is 1. The van der Waals surface area contributed by atoms with E-state index in [1.165, 1.54) is 11.3 Å². The fourth-order valence-electron chi connectivity index (χ4n) is 4.44. The predicted octanol–water partition coefficient (Wildman–Crippen LogP) is 2.64. The van der Waals surface area contributed by atoms with Crippen molar-refractivity contribution in [2.45, 2.75) is 32.2 Å². The second-order valence-electron chi connectivity index (χ2n) is 7.63. The van der Waals surface area contributed by atoms with Gasteiger partial charge in [0.1, 0.15) is 0 Å². The lowest BCUT2D eigenvalue weighted by atomic mass is 10.0. The minimum atomic E-state index is 0.0537. The summed E-state index contributed by atoms with van der Waals surface area (Å²) in [4.78, 5) is 31.4. The van der Waals surface area contributed by atoms with E-state index < -0.39 is 0 Å². The van der Waals surface area contributed by atoms with Crippen LogP contribution in [0.5, 0.6) is 0 Å². The first-order valence-electron chi connectivity index (χ1n) is 10.2. The maximum atomic E-state index is 13.1. The number of rotatable bonds is 3. The fraction of sp³-hybridized carbons (Fsp3) is 0.524. The van der Waals surface area contributed by atoms with Crippen molar-refractivity contribution in [2.75, 3.05) is 45.0 Å². The van der Waals surface area contributed by atoms with Gasteiger partial charge in [-0.25, -0.2) is 0 Å². The van der Waals surface area contributed by atoms with Crippen LogP contribution in [0.1, 0.15) is 36.5 Å². The Morgan fingerprint density at radius 3 is 2.39 bits per heavy atom. The summed E-state index contributed by atoms with van der Waals surface area (Å²) < 4.78 is 1.07. The van der Waals surface area contributed by atoms with E-state index in [0.29, 0.717) is 23.0 Å². The molecule has 0 radical (unpaired) electrons. The molecule has 1 aromatic heterocycles. The molecule has 2 saturated heterocycles. The van der Waals surface area contributed by atoms with E-state index in [4.69, 9.17) is 5.73 Å². The highest BCUT2D eigenvalue weighted by molar-refractivity contribution is 7.23. The van der Waals surface area contributed by atoms with Crippen LogP contribution in [-0.2, 0) is 4.79 Å². The third kappa shape index (κ3) is 3.61. The third-order valence-corrected chi connectivity index (χ3v) is 7.07. The monoisotopic (exact) mass is 400 g/mol. The molecule has 2 aliphatic heterocycles. The van der Waals surface area contributed by atoms with Crippen LogP contribution in [0, 0.1) is 0 Å². The molecule has 150 valence electrons. The minimum Gasteiger partial charge on any atom is -0.390 e. The molecule has 3 heterocycles. The molecule has 0 saturated carbocycles. The Morgan fingerprint density at radius 2 is 1.71 bits per heavy atom. The number of nitrogens with zero attached hydrogens (tertiary/aromatic N) is 3. The first kappa shape index (κ1) is 19.2. The number of carbonyl (C=O) groups excluding carboxylic acids is 2. The molecule has 4 rings (SSSR count). The second-order valence-corrected chi connectivity index (χ2v) is 8.71. The van der Waals surface area contributed by atoms with Gasteiger partial charge in [-0.15, -0.1) is 11.3 Å². The topological polar surface area (TPSA) is 69.9 Å². The SMILES string of the molecule is CCC(=O)N1CCC(N2CCN(C(=O)c3c(N)sc4ccccc34)CC2)CC1. The van der Waals surface area contributed by atoms with E-state index in [2.05, 4.69) is 4.90 Å². The zero-order chi connectivity index (χ0) is 19.7. The number of thiophene rings is 1. The van der Waals surface area contributed by atoms with Crippen molar-refractivity contribution in [1.82, 2.24) is 14.7 Å². The molecule has 0 atom stereocenters. The molecule has 7 heteroatoms. The van der Waals surface area contributed by atoms with Crippen LogP contribution in [-0.4, -0.2) is 71.8 Å². The zero-order valence-electron chi connectivity index (χ0n) is 16.4. The molecule has 0 aliphatic carbocycles. The van der Waals surface area contributed by atoms with E-state index in [1.54, 1.807) is 0 Å². The van der Waals surface area contributed by atoms with Gasteiger partial charge in [0.15, 0.2) is 0 Å². The molecule has 2 aliphatic rings. The molecule has 2 aromatic rings. The van der Waals surface area contributed by atoms with Gasteiger partial charge in [-0.3, -0.25) is 14.5 Å².